The molecule has 0 saturated heterocycles. The summed E-state index contributed by atoms with van der Waals surface area (Å²) in [6.07, 6.45) is 4.36. The second kappa shape index (κ2) is 6.29. The molecule has 2 aromatic carbocycles. The lowest BCUT2D eigenvalue weighted by molar-refractivity contribution is 0.592. The van der Waals surface area contributed by atoms with Crippen LogP contribution >= 0.6 is 7.14 Å². The van der Waals surface area contributed by atoms with Gasteiger partial charge in [0.15, 0.2) is 7.14 Å². The van der Waals surface area contributed by atoms with Crippen molar-refractivity contribution in [1.82, 2.24) is 4.98 Å². The van der Waals surface area contributed by atoms with Gasteiger partial charge in [0.25, 0.3) is 0 Å². The highest BCUT2D eigenvalue weighted by Crippen LogP contribution is 2.43. The van der Waals surface area contributed by atoms with Gasteiger partial charge >= 0.3 is 0 Å². The zero-order valence-corrected chi connectivity index (χ0v) is 13.4. The third kappa shape index (κ3) is 2.51. The smallest absolute Gasteiger partial charge is 0.172 e. The van der Waals surface area contributed by atoms with Crippen molar-refractivity contribution in [2.45, 2.75) is 13.3 Å². The molecule has 0 spiro atoms. The molecule has 1 heterocycles. The zero-order valence-electron chi connectivity index (χ0n) is 12.5. The van der Waals surface area contributed by atoms with Crippen LogP contribution in [0.5, 0.6) is 0 Å². The summed E-state index contributed by atoms with van der Waals surface area (Å²) in [7, 11) is -2.89. The summed E-state index contributed by atoms with van der Waals surface area (Å²) in [5, 5.41) is 2.54. The maximum absolute atomic E-state index is 14.2. The van der Waals surface area contributed by atoms with E-state index < -0.39 is 7.14 Å². The van der Waals surface area contributed by atoms with Crippen LogP contribution in [0.15, 0.2) is 79.1 Å². The Hall–Kier alpha value is -2.18. The van der Waals surface area contributed by atoms with Crippen LogP contribution in [0.3, 0.4) is 0 Å². The fraction of sp³-hybridized carbons (Fsp3) is 0.105. The molecule has 3 aromatic rings. The molecule has 3 heteroatoms. The van der Waals surface area contributed by atoms with Crippen molar-refractivity contribution in [2.75, 3.05) is 0 Å². The van der Waals surface area contributed by atoms with Gasteiger partial charge in [-0.1, -0.05) is 67.6 Å². The molecule has 0 amide bonds. The first-order valence-electron chi connectivity index (χ1n) is 7.41. The van der Waals surface area contributed by atoms with E-state index in [0.717, 1.165) is 27.9 Å². The molecule has 3 rings (SSSR count). The number of benzene rings is 2. The summed E-state index contributed by atoms with van der Waals surface area (Å²) in [5.74, 6) is 0. The Morgan fingerprint density at radius 1 is 0.864 bits per heavy atom. The van der Waals surface area contributed by atoms with Gasteiger partial charge in [-0.3, -0.25) is 4.98 Å². The predicted molar refractivity (Wildman–Crippen MR) is 93.0 cm³/mol. The second-order valence-corrected chi connectivity index (χ2v) is 7.87. The van der Waals surface area contributed by atoms with E-state index in [2.05, 4.69) is 11.9 Å². The third-order valence-corrected chi connectivity index (χ3v) is 6.98. The number of aryl methyl sites for hydroxylation is 1. The van der Waals surface area contributed by atoms with E-state index in [1.165, 1.54) is 0 Å². The molecule has 0 aliphatic heterocycles. The predicted octanol–water partition coefficient (Wildman–Crippen LogP) is 3.28. The summed E-state index contributed by atoms with van der Waals surface area (Å²) in [6.45, 7) is 2.08. The molecule has 0 radical (unpaired) electrons. The number of aromatic nitrogens is 1. The van der Waals surface area contributed by atoms with Crippen LogP contribution < -0.4 is 15.9 Å². The summed E-state index contributed by atoms with van der Waals surface area (Å²) < 4.78 is 14.2. The van der Waals surface area contributed by atoms with Crippen LogP contribution in [0.1, 0.15) is 12.5 Å². The van der Waals surface area contributed by atoms with Gasteiger partial charge < -0.3 is 4.57 Å². The lowest BCUT2D eigenvalue weighted by Crippen LogP contribution is -2.27. The molecule has 0 N–H and O–H groups in total. The minimum atomic E-state index is -2.89. The van der Waals surface area contributed by atoms with Crippen molar-refractivity contribution < 1.29 is 4.57 Å². The molecule has 2 nitrogen and oxygen atoms in total. The van der Waals surface area contributed by atoms with E-state index >= 15 is 0 Å². The van der Waals surface area contributed by atoms with Gasteiger partial charge in [-0.05, 0) is 18.1 Å². The van der Waals surface area contributed by atoms with Crippen LogP contribution in [0.25, 0.3) is 0 Å². The number of rotatable bonds is 4. The Kier molecular flexibility index (Phi) is 4.22. The van der Waals surface area contributed by atoms with Gasteiger partial charge in [0, 0.05) is 28.3 Å². The van der Waals surface area contributed by atoms with Crippen LogP contribution in [-0.2, 0) is 11.0 Å². The van der Waals surface area contributed by atoms with Crippen LogP contribution in [0, 0.1) is 0 Å². The minimum Gasteiger partial charge on any atom is -0.309 e. The SMILES string of the molecule is CCc1ccncc1P(=O)(c1ccccc1)c1ccccc1. The first kappa shape index (κ1) is 14.7. The molecule has 0 saturated carbocycles. The van der Waals surface area contributed by atoms with Gasteiger partial charge in [0.1, 0.15) is 0 Å². The average molecular weight is 307 g/mol. The quantitative estimate of drug-likeness (QED) is 0.692. The largest absolute Gasteiger partial charge is 0.309 e. The molecule has 0 unspecified atom stereocenters. The van der Waals surface area contributed by atoms with Crippen molar-refractivity contribution in [2.24, 2.45) is 0 Å². The molecule has 0 aliphatic carbocycles. The van der Waals surface area contributed by atoms with E-state index in [1.807, 2.05) is 66.7 Å². The Morgan fingerprint density at radius 3 is 1.91 bits per heavy atom. The van der Waals surface area contributed by atoms with E-state index in [9.17, 15) is 4.57 Å². The highest BCUT2D eigenvalue weighted by Gasteiger charge is 2.31. The van der Waals surface area contributed by atoms with Crippen LogP contribution in [-0.4, -0.2) is 4.98 Å². The Morgan fingerprint density at radius 2 is 1.41 bits per heavy atom. The van der Waals surface area contributed by atoms with Crippen molar-refractivity contribution >= 4 is 23.1 Å². The topological polar surface area (TPSA) is 30.0 Å². The number of pyridine rings is 1. The maximum atomic E-state index is 14.2. The number of nitrogens with zero attached hydrogens (tertiary/aromatic N) is 1. The van der Waals surface area contributed by atoms with E-state index in [-0.39, 0.29) is 0 Å². The monoisotopic (exact) mass is 307 g/mol. The summed E-state index contributed by atoms with van der Waals surface area (Å²) in [5.41, 5.74) is 1.09. The summed E-state index contributed by atoms with van der Waals surface area (Å²) in [6, 6.07) is 21.4. The van der Waals surface area contributed by atoms with Gasteiger partial charge in [-0.25, -0.2) is 0 Å². The molecule has 0 aliphatic rings. The Bertz CT molecular complexity index is 756. The zero-order chi connectivity index (χ0) is 15.4. The summed E-state index contributed by atoms with van der Waals surface area (Å²) in [4.78, 5) is 4.24. The summed E-state index contributed by atoms with van der Waals surface area (Å²) >= 11 is 0. The molecule has 0 bridgehead atoms. The standard InChI is InChI=1S/C19H18NOP/c1-2-16-13-14-20-15-19(16)22(21,17-9-5-3-6-10-17)18-11-7-4-8-12-18/h3-15H,2H2,1H3. The molecule has 0 atom stereocenters. The minimum absolute atomic E-state index is 0.835. The first-order valence-corrected chi connectivity index (χ1v) is 9.12. The van der Waals surface area contributed by atoms with Crippen molar-refractivity contribution in [3.63, 3.8) is 0 Å². The van der Waals surface area contributed by atoms with Gasteiger partial charge in [0.05, 0.1) is 0 Å². The molecule has 110 valence electrons. The fourth-order valence-corrected chi connectivity index (χ4v) is 5.61. The maximum Gasteiger partial charge on any atom is 0.172 e. The van der Waals surface area contributed by atoms with Crippen LogP contribution in [0.2, 0.25) is 0 Å². The highest BCUT2D eigenvalue weighted by molar-refractivity contribution is 7.85. The van der Waals surface area contributed by atoms with Gasteiger partial charge in [-0.15, -0.1) is 0 Å². The fourth-order valence-electron chi connectivity index (χ4n) is 2.70. The molecular weight excluding hydrogens is 289 g/mol. The Balaban J connectivity index is 2.32. The first-order chi connectivity index (χ1) is 10.8. The van der Waals surface area contributed by atoms with Crippen molar-refractivity contribution in [3.05, 3.63) is 84.7 Å². The van der Waals surface area contributed by atoms with Crippen molar-refractivity contribution in [1.29, 1.82) is 0 Å². The lowest BCUT2D eigenvalue weighted by Gasteiger charge is -2.21. The van der Waals surface area contributed by atoms with Crippen molar-refractivity contribution in [3.8, 4) is 0 Å². The lowest BCUT2D eigenvalue weighted by atomic mass is 10.2. The normalized spacial score (nSPS) is 11.3. The molecule has 0 fully saturated rings. The third-order valence-electron chi connectivity index (χ3n) is 3.85. The van der Waals surface area contributed by atoms with E-state index in [4.69, 9.17) is 0 Å². The van der Waals surface area contributed by atoms with Gasteiger partial charge in [0.2, 0.25) is 0 Å². The Labute approximate surface area is 131 Å². The molecule has 1 aromatic heterocycles. The average Bonchev–Trinajstić information content (AvgIpc) is 2.62. The number of hydrogen-bond acceptors (Lipinski definition) is 2. The number of hydrogen-bond donors (Lipinski definition) is 0. The second-order valence-electron chi connectivity index (χ2n) is 5.14. The van der Waals surface area contributed by atoms with Gasteiger partial charge in [-0.2, -0.15) is 0 Å². The van der Waals surface area contributed by atoms with E-state index in [1.54, 1.807) is 12.4 Å². The highest BCUT2D eigenvalue weighted by atomic mass is 31.2. The van der Waals surface area contributed by atoms with E-state index in [0.29, 0.717) is 0 Å². The molecular formula is C19H18NOP. The molecule has 22 heavy (non-hydrogen) atoms. The van der Waals surface area contributed by atoms with Crippen LogP contribution in [0.4, 0.5) is 0 Å².